The minimum Gasteiger partial charge on any atom is -0.356 e. The van der Waals surface area contributed by atoms with E-state index < -0.39 is 0 Å². The van der Waals surface area contributed by atoms with Crippen LogP contribution in [0, 0.1) is 0 Å². The van der Waals surface area contributed by atoms with Crippen molar-refractivity contribution in [2.24, 2.45) is 5.73 Å². The molecule has 1 heterocycles. The van der Waals surface area contributed by atoms with Crippen molar-refractivity contribution in [1.29, 1.82) is 0 Å². The molecule has 1 aliphatic heterocycles. The fourth-order valence-corrected chi connectivity index (χ4v) is 2.13. The molecule has 0 aromatic heterocycles. The van der Waals surface area contributed by atoms with Crippen LogP contribution in [0.5, 0.6) is 0 Å². The molecule has 0 aromatic carbocycles. The molecule has 19 heavy (non-hydrogen) atoms. The standard InChI is InChI=1S/C14H30N4O/c1-14(2,15)6-5-13(19)16-7-4-8-18-11-9-17(3)10-12-18/h4-12,15H2,1-3H3,(H,16,19). The molecule has 0 saturated carbocycles. The van der Waals surface area contributed by atoms with Crippen LogP contribution in [-0.4, -0.2) is 67.6 Å². The zero-order valence-electron chi connectivity index (χ0n) is 12.7. The third-order valence-electron chi connectivity index (χ3n) is 3.57. The zero-order chi connectivity index (χ0) is 14.3. The van der Waals surface area contributed by atoms with E-state index in [0.717, 1.165) is 52.1 Å². The van der Waals surface area contributed by atoms with Crippen LogP contribution in [0.15, 0.2) is 0 Å². The quantitative estimate of drug-likeness (QED) is 0.651. The number of carbonyl (C=O) groups excluding carboxylic acids is 1. The minimum atomic E-state index is -0.253. The number of likely N-dealkylation sites (N-methyl/N-ethyl adjacent to an activating group) is 1. The number of nitrogens with one attached hydrogen (secondary N) is 1. The Balaban J connectivity index is 2.00. The lowest BCUT2D eigenvalue weighted by atomic mass is 10.00. The van der Waals surface area contributed by atoms with Crippen LogP contribution in [-0.2, 0) is 4.79 Å². The Morgan fingerprint density at radius 1 is 1.26 bits per heavy atom. The summed E-state index contributed by atoms with van der Waals surface area (Å²) in [6.45, 7) is 10.3. The van der Waals surface area contributed by atoms with Gasteiger partial charge in [-0.3, -0.25) is 4.79 Å². The average Bonchev–Trinajstić information content (AvgIpc) is 2.33. The van der Waals surface area contributed by atoms with E-state index in [9.17, 15) is 4.79 Å². The normalized spacial score (nSPS) is 18.5. The lowest BCUT2D eigenvalue weighted by molar-refractivity contribution is -0.121. The Labute approximate surface area is 117 Å². The van der Waals surface area contributed by atoms with Crippen LogP contribution in [0.1, 0.15) is 33.1 Å². The molecule has 0 aliphatic carbocycles. The predicted molar refractivity (Wildman–Crippen MR) is 79.1 cm³/mol. The lowest BCUT2D eigenvalue weighted by Crippen LogP contribution is -2.45. The predicted octanol–water partition coefficient (Wildman–Crippen LogP) is 0.258. The van der Waals surface area contributed by atoms with E-state index in [1.54, 1.807) is 0 Å². The largest absolute Gasteiger partial charge is 0.356 e. The first-order chi connectivity index (χ1) is 8.87. The summed E-state index contributed by atoms with van der Waals surface area (Å²) in [6.07, 6.45) is 2.29. The Morgan fingerprint density at radius 2 is 1.89 bits per heavy atom. The third-order valence-corrected chi connectivity index (χ3v) is 3.57. The van der Waals surface area contributed by atoms with Crippen molar-refractivity contribution in [3.63, 3.8) is 0 Å². The summed E-state index contributed by atoms with van der Waals surface area (Å²) in [4.78, 5) is 16.4. The highest BCUT2D eigenvalue weighted by molar-refractivity contribution is 5.75. The van der Waals surface area contributed by atoms with E-state index in [0.29, 0.717) is 6.42 Å². The first kappa shape index (κ1) is 16.4. The molecule has 112 valence electrons. The topological polar surface area (TPSA) is 61.6 Å². The highest BCUT2D eigenvalue weighted by Crippen LogP contribution is 2.06. The molecule has 1 saturated heterocycles. The maximum atomic E-state index is 11.6. The van der Waals surface area contributed by atoms with Crippen molar-refractivity contribution in [3.05, 3.63) is 0 Å². The first-order valence-electron chi connectivity index (χ1n) is 7.33. The highest BCUT2D eigenvalue weighted by atomic mass is 16.1. The molecule has 1 amide bonds. The van der Waals surface area contributed by atoms with Gasteiger partial charge < -0.3 is 20.9 Å². The van der Waals surface area contributed by atoms with Gasteiger partial charge in [-0.1, -0.05) is 0 Å². The second-order valence-corrected chi connectivity index (χ2v) is 6.34. The van der Waals surface area contributed by atoms with Crippen LogP contribution in [0.3, 0.4) is 0 Å². The van der Waals surface area contributed by atoms with Crippen molar-refractivity contribution in [2.45, 2.75) is 38.6 Å². The monoisotopic (exact) mass is 270 g/mol. The second-order valence-electron chi connectivity index (χ2n) is 6.34. The van der Waals surface area contributed by atoms with Gasteiger partial charge in [-0.25, -0.2) is 0 Å². The molecule has 0 atom stereocenters. The zero-order valence-corrected chi connectivity index (χ0v) is 12.7. The SMILES string of the molecule is CN1CCN(CCCNC(=O)CCC(C)(C)N)CC1. The molecule has 0 bridgehead atoms. The lowest BCUT2D eigenvalue weighted by Gasteiger charge is -2.32. The molecule has 1 rings (SSSR count). The van der Waals surface area contributed by atoms with Gasteiger partial charge in [0.1, 0.15) is 0 Å². The van der Waals surface area contributed by atoms with Gasteiger partial charge in [0.05, 0.1) is 0 Å². The fraction of sp³-hybridized carbons (Fsp3) is 0.929. The van der Waals surface area contributed by atoms with Crippen LogP contribution in [0.2, 0.25) is 0 Å². The maximum absolute atomic E-state index is 11.6. The van der Waals surface area contributed by atoms with Crippen LogP contribution in [0.4, 0.5) is 0 Å². The van der Waals surface area contributed by atoms with E-state index >= 15 is 0 Å². The molecule has 3 N–H and O–H groups in total. The average molecular weight is 270 g/mol. The van der Waals surface area contributed by atoms with Gasteiger partial charge in [-0.2, -0.15) is 0 Å². The Kier molecular flexibility index (Phi) is 6.75. The van der Waals surface area contributed by atoms with Crippen molar-refractivity contribution in [1.82, 2.24) is 15.1 Å². The fourth-order valence-electron chi connectivity index (χ4n) is 2.13. The summed E-state index contributed by atoms with van der Waals surface area (Å²) in [5, 5.41) is 2.97. The van der Waals surface area contributed by atoms with Gasteiger partial charge in [0.15, 0.2) is 0 Å². The molecule has 5 heteroatoms. The molecule has 5 nitrogen and oxygen atoms in total. The van der Waals surface area contributed by atoms with Crippen LogP contribution in [0.25, 0.3) is 0 Å². The number of piperazine rings is 1. The summed E-state index contributed by atoms with van der Waals surface area (Å²) in [6, 6.07) is 0. The van der Waals surface area contributed by atoms with Gasteiger partial charge in [0, 0.05) is 44.7 Å². The summed E-state index contributed by atoms with van der Waals surface area (Å²) in [5.41, 5.74) is 5.60. The smallest absolute Gasteiger partial charge is 0.220 e. The molecule has 0 radical (unpaired) electrons. The van der Waals surface area contributed by atoms with Gasteiger partial charge in [0.25, 0.3) is 0 Å². The first-order valence-corrected chi connectivity index (χ1v) is 7.33. The second kappa shape index (κ2) is 7.82. The van der Waals surface area contributed by atoms with Gasteiger partial charge >= 0.3 is 0 Å². The molecule has 0 unspecified atom stereocenters. The van der Waals surface area contributed by atoms with Crippen molar-refractivity contribution in [2.75, 3.05) is 46.3 Å². The minimum absolute atomic E-state index is 0.122. The molecule has 1 fully saturated rings. The number of amides is 1. The summed E-state index contributed by atoms with van der Waals surface area (Å²) < 4.78 is 0. The van der Waals surface area contributed by atoms with Crippen molar-refractivity contribution >= 4 is 5.91 Å². The van der Waals surface area contributed by atoms with Gasteiger partial charge in [-0.15, -0.1) is 0 Å². The number of rotatable bonds is 7. The van der Waals surface area contributed by atoms with Crippen molar-refractivity contribution in [3.8, 4) is 0 Å². The summed E-state index contributed by atoms with van der Waals surface area (Å²) in [5.74, 6) is 0.122. The van der Waals surface area contributed by atoms with E-state index in [4.69, 9.17) is 5.73 Å². The van der Waals surface area contributed by atoms with E-state index in [1.165, 1.54) is 0 Å². The number of nitrogens with zero attached hydrogens (tertiary/aromatic N) is 2. The maximum Gasteiger partial charge on any atom is 0.220 e. The van der Waals surface area contributed by atoms with Crippen molar-refractivity contribution < 1.29 is 4.79 Å². The Morgan fingerprint density at radius 3 is 2.47 bits per heavy atom. The van der Waals surface area contributed by atoms with Crippen LogP contribution < -0.4 is 11.1 Å². The third kappa shape index (κ3) is 8.18. The summed E-state index contributed by atoms with van der Waals surface area (Å²) >= 11 is 0. The number of carbonyl (C=O) groups is 1. The number of hydrogen-bond acceptors (Lipinski definition) is 4. The molecular weight excluding hydrogens is 240 g/mol. The molecular formula is C14H30N4O. The number of hydrogen-bond donors (Lipinski definition) is 2. The molecule has 0 aromatic rings. The van der Waals surface area contributed by atoms with E-state index in [2.05, 4.69) is 22.2 Å². The van der Waals surface area contributed by atoms with Gasteiger partial charge in [-0.05, 0) is 40.3 Å². The highest BCUT2D eigenvalue weighted by Gasteiger charge is 2.14. The van der Waals surface area contributed by atoms with E-state index in [1.807, 2.05) is 13.8 Å². The van der Waals surface area contributed by atoms with Crippen LogP contribution >= 0.6 is 0 Å². The summed E-state index contributed by atoms with van der Waals surface area (Å²) in [7, 11) is 2.16. The van der Waals surface area contributed by atoms with Gasteiger partial charge in [0.2, 0.25) is 5.91 Å². The molecule has 0 spiro atoms. The van der Waals surface area contributed by atoms with E-state index in [-0.39, 0.29) is 11.4 Å². The Bertz CT molecular complexity index is 267. The number of nitrogens with two attached hydrogens (primary N) is 1. The Hall–Kier alpha value is -0.650. The molecule has 1 aliphatic rings.